The Hall–Kier alpha value is -4.74. The molecule has 0 radical (unpaired) electrons. The van der Waals surface area contributed by atoms with E-state index in [9.17, 15) is 14.4 Å². The standard InChI is InChI=1S/C39H38Cl2N6O4/c1-51-33-16-23(8-9-25(33)18-42-21-27-10-12-35(48)45-27)29-4-2-6-31(37(29)40)32-7-3-5-30(38(32)41)24-14-15-47-34(17-24)44-20-26(39(47)50)19-43-22-28-11-13-36(49)46-28/h2-9,14-17,20,27-28,42-43H,10-13,18-19,21-22H2,1H3,(H,45,48)(H,46,49)/t27-,28+/m1/s1. The van der Waals surface area contributed by atoms with E-state index in [1.165, 1.54) is 4.40 Å². The number of benzene rings is 3. The number of hydrogen-bond acceptors (Lipinski definition) is 7. The van der Waals surface area contributed by atoms with Gasteiger partial charge in [-0.15, -0.1) is 0 Å². The van der Waals surface area contributed by atoms with Crippen LogP contribution in [0.3, 0.4) is 0 Å². The first-order chi connectivity index (χ1) is 24.8. The smallest absolute Gasteiger partial charge is 0.262 e. The van der Waals surface area contributed by atoms with Crippen molar-refractivity contribution >= 4 is 40.7 Å². The predicted molar refractivity (Wildman–Crippen MR) is 200 cm³/mol. The monoisotopic (exact) mass is 724 g/mol. The van der Waals surface area contributed by atoms with Crippen LogP contribution >= 0.6 is 23.2 Å². The van der Waals surface area contributed by atoms with Crippen LogP contribution in [0.4, 0.5) is 0 Å². The van der Waals surface area contributed by atoms with E-state index in [4.69, 9.17) is 27.9 Å². The first-order valence-electron chi connectivity index (χ1n) is 17.0. The van der Waals surface area contributed by atoms with Crippen LogP contribution < -0.4 is 31.6 Å². The molecular weight excluding hydrogens is 687 g/mol. The van der Waals surface area contributed by atoms with Crippen molar-refractivity contribution in [3.63, 3.8) is 0 Å². The van der Waals surface area contributed by atoms with Crippen LogP contribution in [0.25, 0.3) is 39.0 Å². The molecule has 2 atom stereocenters. The second kappa shape index (κ2) is 15.2. The predicted octanol–water partition coefficient (Wildman–Crippen LogP) is 5.75. The number of methoxy groups -OCH3 is 1. The van der Waals surface area contributed by atoms with Crippen LogP contribution in [0.15, 0.2) is 83.9 Å². The van der Waals surface area contributed by atoms with Gasteiger partial charge in [0.15, 0.2) is 0 Å². The Morgan fingerprint density at radius 3 is 1.90 bits per heavy atom. The number of ether oxygens (including phenoxy) is 1. The molecule has 3 aromatic carbocycles. The zero-order valence-electron chi connectivity index (χ0n) is 28.1. The van der Waals surface area contributed by atoms with Gasteiger partial charge in [0.05, 0.1) is 17.2 Å². The topological polar surface area (TPSA) is 126 Å². The van der Waals surface area contributed by atoms with Gasteiger partial charge in [0, 0.05) is 96.9 Å². The van der Waals surface area contributed by atoms with Crippen molar-refractivity contribution in [1.29, 1.82) is 0 Å². The number of rotatable bonds is 12. The molecule has 0 spiro atoms. The lowest BCUT2D eigenvalue weighted by atomic mass is 9.95. The molecule has 2 aliphatic heterocycles. The number of hydrogen-bond donors (Lipinski definition) is 4. The third-order valence-corrected chi connectivity index (χ3v) is 10.4. The second-order valence-corrected chi connectivity index (χ2v) is 13.7. The van der Waals surface area contributed by atoms with E-state index >= 15 is 0 Å². The summed E-state index contributed by atoms with van der Waals surface area (Å²) >= 11 is 14.2. The zero-order chi connectivity index (χ0) is 35.5. The van der Waals surface area contributed by atoms with Gasteiger partial charge < -0.3 is 26.0 Å². The molecule has 51 heavy (non-hydrogen) atoms. The molecule has 0 saturated carbocycles. The van der Waals surface area contributed by atoms with Crippen molar-refractivity contribution in [2.24, 2.45) is 0 Å². The van der Waals surface area contributed by atoms with Crippen molar-refractivity contribution in [1.82, 2.24) is 30.7 Å². The van der Waals surface area contributed by atoms with Crippen molar-refractivity contribution in [2.45, 2.75) is 50.9 Å². The number of amides is 2. The Morgan fingerprint density at radius 1 is 0.765 bits per heavy atom. The van der Waals surface area contributed by atoms with E-state index in [2.05, 4.69) is 26.3 Å². The zero-order valence-corrected chi connectivity index (χ0v) is 29.6. The van der Waals surface area contributed by atoms with Gasteiger partial charge in [0.1, 0.15) is 11.4 Å². The Labute approximate surface area is 305 Å². The first-order valence-corrected chi connectivity index (χ1v) is 17.8. The largest absolute Gasteiger partial charge is 0.496 e. The Kier molecular flexibility index (Phi) is 10.4. The summed E-state index contributed by atoms with van der Waals surface area (Å²) in [5.74, 6) is 0.907. The number of halogens is 2. The maximum absolute atomic E-state index is 13.3. The van der Waals surface area contributed by atoms with Crippen LogP contribution in [-0.4, -0.2) is 53.5 Å². The van der Waals surface area contributed by atoms with Gasteiger partial charge in [0.25, 0.3) is 5.56 Å². The summed E-state index contributed by atoms with van der Waals surface area (Å²) in [6.07, 6.45) is 6.06. The fourth-order valence-electron chi connectivity index (χ4n) is 6.81. The van der Waals surface area contributed by atoms with E-state index in [1.54, 1.807) is 19.5 Å². The fraction of sp³-hybridized carbons (Fsp3) is 0.282. The summed E-state index contributed by atoms with van der Waals surface area (Å²) in [6, 6.07) is 21.7. The molecule has 0 aliphatic carbocycles. The van der Waals surface area contributed by atoms with Crippen molar-refractivity contribution < 1.29 is 14.3 Å². The number of carbonyl (C=O) groups excluding carboxylic acids is 2. The number of nitrogens with one attached hydrogen (secondary N) is 4. The molecule has 4 N–H and O–H groups in total. The van der Waals surface area contributed by atoms with Crippen molar-refractivity contribution in [2.75, 3.05) is 20.2 Å². The van der Waals surface area contributed by atoms with Gasteiger partial charge in [-0.3, -0.25) is 18.8 Å². The molecule has 2 aliphatic rings. The lowest BCUT2D eigenvalue weighted by molar-refractivity contribution is -0.120. The molecule has 2 aromatic heterocycles. The third-order valence-electron chi connectivity index (χ3n) is 9.56. The van der Waals surface area contributed by atoms with E-state index in [-0.39, 0.29) is 29.5 Å². The van der Waals surface area contributed by atoms with Crippen LogP contribution in [0.1, 0.15) is 36.8 Å². The maximum Gasteiger partial charge on any atom is 0.262 e. The summed E-state index contributed by atoms with van der Waals surface area (Å²) in [7, 11) is 1.65. The number of nitrogens with zero attached hydrogens (tertiary/aromatic N) is 2. The molecular formula is C39H38Cl2N6O4. The normalized spacial score (nSPS) is 17.2. The van der Waals surface area contributed by atoms with Gasteiger partial charge in [0.2, 0.25) is 11.8 Å². The highest BCUT2D eigenvalue weighted by Crippen LogP contribution is 2.43. The molecule has 0 unspecified atom stereocenters. The van der Waals surface area contributed by atoms with Crippen molar-refractivity contribution in [3.05, 3.63) is 111 Å². The molecule has 2 fully saturated rings. The Morgan fingerprint density at radius 2 is 1.33 bits per heavy atom. The summed E-state index contributed by atoms with van der Waals surface area (Å²) in [5, 5.41) is 13.7. The number of carbonyl (C=O) groups is 2. The molecule has 12 heteroatoms. The molecule has 5 aromatic rings. The number of aromatic nitrogens is 2. The lowest BCUT2D eigenvalue weighted by Gasteiger charge is -2.16. The quantitative estimate of drug-likeness (QED) is 0.129. The average molecular weight is 726 g/mol. The highest BCUT2D eigenvalue weighted by atomic mass is 35.5. The Bertz CT molecular complexity index is 2190. The minimum absolute atomic E-state index is 0.0632. The highest BCUT2D eigenvalue weighted by Gasteiger charge is 2.22. The average Bonchev–Trinajstić information content (AvgIpc) is 3.76. The molecule has 262 valence electrons. The number of fused-ring (bicyclic) bond motifs is 1. The molecule has 0 bridgehead atoms. The van der Waals surface area contributed by atoms with Crippen molar-refractivity contribution in [3.8, 4) is 39.1 Å². The van der Waals surface area contributed by atoms with Gasteiger partial charge in [-0.05, 0) is 42.2 Å². The van der Waals surface area contributed by atoms with E-state index in [1.807, 2.05) is 66.7 Å². The summed E-state index contributed by atoms with van der Waals surface area (Å²) in [5.41, 5.74) is 6.80. The van der Waals surface area contributed by atoms with Gasteiger partial charge in [-0.25, -0.2) is 4.98 Å². The summed E-state index contributed by atoms with van der Waals surface area (Å²) < 4.78 is 7.28. The third kappa shape index (κ3) is 7.50. The SMILES string of the molecule is COc1cc(-c2cccc(-c3cccc(-c4ccn5c(=O)c(CNC[C@@H]6CCC(=O)N6)cnc5c4)c3Cl)c2Cl)ccc1CNC[C@H]1CCC(=O)N1. The van der Waals surface area contributed by atoms with Gasteiger partial charge in [-0.1, -0.05) is 71.7 Å². The van der Waals surface area contributed by atoms with Gasteiger partial charge >= 0.3 is 0 Å². The van der Waals surface area contributed by atoms with Crippen LogP contribution in [0.5, 0.6) is 5.75 Å². The highest BCUT2D eigenvalue weighted by molar-refractivity contribution is 6.39. The summed E-state index contributed by atoms with van der Waals surface area (Å²) in [4.78, 5) is 40.8. The minimum atomic E-state index is -0.155. The van der Waals surface area contributed by atoms with Crippen LogP contribution in [-0.2, 0) is 22.7 Å². The molecule has 4 heterocycles. The molecule has 10 nitrogen and oxygen atoms in total. The van der Waals surface area contributed by atoms with Crippen LogP contribution in [0, 0.1) is 0 Å². The number of pyridine rings is 1. The van der Waals surface area contributed by atoms with E-state index in [0.29, 0.717) is 60.3 Å². The van der Waals surface area contributed by atoms with E-state index < -0.39 is 0 Å². The van der Waals surface area contributed by atoms with Gasteiger partial charge in [-0.2, -0.15) is 0 Å². The minimum Gasteiger partial charge on any atom is -0.496 e. The molecule has 2 saturated heterocycles. The molecule has 7 rings (SSSR count). The fourth-order valence-corrected chi connectivity index (χ4v) is 7.48. The lowest BCUT2D eigenvalue weighted by Crippen LogP contribution is -2.36. The molecule has 2 amide bonds. The first kappa shape index (κ1) is 34.7. The van der Waals surface area contributed by atoms with Crippen LogP contribution in [0.2, 0.25) is 10.0 Å². The summed E-state index contributed by atoms with van der Waals surface area (Å²) in [6.45, 7) is 2.25. The second-order valence-electron chi connectivity index (χ2n) is 13.0. The van der Waals surface area contributed by atoms with E-state index in [0.717, 1.165) is 57.5 Å². The maximum atomic E-state index is 13.3. The Balaban J connectivity index is 1.10.